The molecule has 142 valence electrons. The summed E-state index contributed by atoms with van der Waals surface area (Å²) in [4.78, 5) is 25.2. The van der Waals surface area contributed by atoms with Gasteiger partial charge in [0.25, 0.3) is 5.91 Å². The molecule has 4 bridgehead atoms. The predicted molar refractivity (Wildman–Crippen MR) is 101 cm³/mol. The van der Waals surface area contributed by atoms with Gasteiger partial charge in [0.2, 0.25) is 0 Å². The highest BCUT2D eigenvalue weighted by molar-refractivity contribution is 6.24. The Kier molecular flexibility index (Phi) is 4.43. The van der Waals surface area contributed by atoms with Crippen LogP contribution in [0.4, 0.5) is 5.69 Å². The van der Waals surface area contributed by atoms with Crippen LogP contribution in [0.2, 0.25) is 0 Å². The minimum atomic E-state index is -0.900. The maximum atomic E-state index is 13.0. The number of rotatable bonds is 4. The second-order valence-corrected chi connectivity index (χ2v) is 9.42. The monoisotopic (exact) mass is 386 g/mol. The van der Waals surface area contributed by atoms with E-state index in [-0.39, 0.29) is 10.8 Å². The van der Waals surface area contributed by atoms with Gasteiger partial charge in [-0.1, -0.05) is 6.07 Å². The zero-order valence-corrected chi connectivity index (χ0v) is 16.1. The number of alkyl halides is 1. The van der Waals surface area contributed by atoms with Crippen molar-refractivity contribution in [2.45, 2.75) is 56.4 Å². The first kappa shape index (κ1) is 18.3. The summed E-state index contributed by atoms with van der Waals surface area (Å²) in [5.41, 5.74) is 0.441. The molecule has 0 heterocycles. The molecule has 0 spiro atoms. The second-order valence-electron chi connectivity index (χ2n) is 8.62. The van der Waals surface area contributed by atoms with E-state index in [2.05, 4.69) is 5.32 Å². The lowest BCUT2D eigenvalue weighted by atomic mass is 9.49. The number of anilines is 1. The van der Waals surface area contributed by atoms with Crippen LogP contribution in [-0.4, -0.2) is 22.9 Å². The van der Waals surface area contributed by atoms with Crippen molar-refractivity contribution in [1.82, 2.24) is 0 Å². The Bertz CT molecular complexity index is 817. The third-order valence-electron chi connectivity index (χ3n) is 6.33. The van der Waals surface area contributed by atoms with E-state index < -0.39 is 17.4 Å². The number of ether oxygens (including phenoxy) is 1. The van der Waals surface area contributed by atoms with Gasteiger partial charge in [0.05, 0.1) is 17.0 Å². The number of hydrogen-bond donors (Lipinski definition) is 1. The lowest BCUT2D eigenvalue weighted by molar-refractivity contribution is -0.176. The summed E-state index contributed by atoms with van der Waals surface area (Å²) in [5, 5.41) is 11.7. The molecule has 0 saturated heterocycles. The van der Waals surface area contributed by atoms with Crippen LogP contribution in [0.15, 0.2) is 24.3 Å². The molecule has 1 aromatic rings. The first-order valence-electron chi connectivity index (χ1n) is 9.52. The van der Waals surface area contributed by atoms with E-state index in [0.717, 1.165) is 32.1 Å². The number of amides is 1. The maximum Gasteiger partial charge on any atom is 0.312 e. The van der Waals surface area contributed by atoms with Gasteiger partial charge in [0, 0.05) is 10.6 Å². The third kappa shape index (κ3) is 3.43. The van der Waals surface area contributed by atoms with Crippen LogP contribution < -0.4 is 5.32 Å². The van der Waals surface area contributed by atoms with Crippen molar-refractivity contribution >= 4 is 29.2 Å². The zero-order valence-electron chi connectivity index (χ0n) is 15.3. The molecular formula is C21H23ClN2O3. The van der Waals surface area contributed by atoms with Crippen LogP contribution in [0.1, 0.15) is 51.0 Å². The molecule has 5 nitrogen and oxygen atoms in total. The Morgan fingerprint density at radius 2 is 2.00 bits per heavy atom. The molecule has 6 heteroatoms. The van der Waals surface area contributed by atoms with E-state index in [0.29, 0.717) is 29.5 Å². The van der Waals surface area contributed by atoms with Gasteiger partial charge in [0.15, 0.2) is 6.10 Å². The van der Waals surface area contributed by atoms with Crippen molar-refractivity contribution in [3.63, 3.8) is 0 Å². The Morgan fingerprint density at radius 3 is 2.63 bits per heavy atom. The molecule has 4 saturated carbocycles. The van der Waals surface area contributed by atoms with Gasteiger partial charge in [-0.3, -0.25) is 9.59 Å². The highest BCUT2D eigenvalue weighted by atomic mass is 35.5. The summed E-state index contributed by atoms with van der Waals surface area (Å²) in [6.45, 7) is 1.58. The van der Waals surface area contributed by atoms with E-state index in [9.17, 15) is 9.59 Å². The standard InChI is InChI=1S/C21H23ClN2O3/c1-13(18(25)24-17-4-2-3-14(6-17)11-23)27-19(26)20-7-15-5-16(8-20)10-21(22,9-15)12-20/h2-4,6,13,15-16H,5,7-10,12H2,1H3,(H,24,25)/t13-,15-,16+,20?,21?/m0/s1. The lowest BCUT2D eigenvalue weighted by Gasteiger charge is -2.58. The summed E-state index contributed by atoms with van der Waals surface area (Å²) < 4.78 is 5.60. The highest BCUT2D eigenvalue weighted by Crippen LogP contribution is 2.64. The molecule has 4 aliphatic rings. The molecule has 0 radical (unpaired) electrons. The predicted octanol–water partition coefficient (Wildman–Crippen LogP) is 4.01. The summed E-state index contributed by atoms with van der Waals surface area (Å²) in [5.74, 6) is 0.308. The van der Waals surface area contributed by atoms with Crippen LogP contribution >= 0.6 is 11.6 Å². The third-order valence-corrected chi connectivity index (χ3v) is 6.78. The van der Waals surface area contributed by atoms with Crippen molar-refractivity contribution in [3.05, 3.63) is 29.8 Å². The van der Waals surface area contributed by atoms with E-state index in [1.54, 1.807) is 31.2 Å². The molecule has 1 N–H and O–H groups in total. The van der Waals surface area contributed by atoms with E-state index in [1.807, 2.05) is 6.07 Å². The second kappa shape index (κ2) is 6.53. The molecule has 1 aromatic carbocycles. The van der Waals surface area contributed by atoms with E-state index in [4.69, 9.17) is 21.6 Å². The molecule has 5 atom stereocenters. The maximum absolute atomic E-state index is 13.0. The number of carbonyl (C=O) groups excluding carboxylic acids is 2. The number of nitrogens with one attached hydrogen (secondary N) is 1. The van der Waals surface area contributed by atoms with Crippen LogP contribution in [-0.2, 0) is 14.3 Å². The summed E-state index contributed by atoms with van der Waals surface area (Å²) in [6, 6.07) is 8.67. The number of nitrogens with zero attached hydrogens (tertiary/aromatic N) is 1. The SMILES string of the molecule is C[C@H](OC(=O)C12C[C@@H]3C[C@@H](CC(Cl)(C3)C1)C2)C(=O)Nc1cccc(C#N)c1. The largest absolute Gasteiger partial charge is 0.452 e. The number of benzene rings is 1. The molecule has 2 unspecified atom stereocenters. The minimum absolute atomic E-state index is 0.271. The van der Waals surface area contributed by atoms with Crippen molar-refractivity contribution in [2.24, 2.45) is 17.3 Å². The van der Waals surface area contributed by atoms with Gasteiger partial charge in [-0.05, 0) is 75.5 Å². The molecule has 4 fully saturated rings. The van der Waals surface area contributed by atoms with Crippen LogP contribution in [0.3, 0.4) is 0 Å². The fourth-order valence-corrected chi connectivity index (χ4v) is 6.33. The fourth-order valence-electron chi connectivity index (χ4n) is 5.64. The molecular weight excluding hydrogens is 364 g/mol. The fraction of sp³-hybridized carbons (Fsp3) is 0.571. The number of nitriles is 1. The highest BCUT2D eigenvalue weighted by Gasteiger charge is 2.61. The lowest BCUT2D eigenvalue weighted by Crippen LogP contribution is -2.57. The van der Waals surface area contributed by atoms with Gasteiger partial charge in [0.1, 0.15) is 0 Å². The molecule has 4 aliphatic carbocycles. The van der Waals surface area contributed by atoms with Gasteiger partial charge in [-0.2, -0.15) is 5.26 Å². The first-order valence-corrected chi connectivity index (χ1v) is 9.90. The Morgan fingerprint density at radius 1 is 1.30 bits per heavy atom. The van der Waals surface area contributed by atoms with Gasteiger partial charge < -0.3 is 10.1 Å². The summed E-state index contributed by atoms with van der Waals surface area (Å²) >= 11 is 6.79. The van der Waals surface area contributed by atoms with E-state index in [1.165, 1.54) is 0 Å². The van der Waals surface area contributed by atoms with Crippen molar-refractivity contribution in [3.8, 4) is 6.07 Å². The number of halogens is 1. The minimum Gasteiger partial charge on any atom is -0.452 e. The van der Waals surface area contributed by atoms with Crippen molar-refractivity contribution < 1.29 is 14.3 Å². The summed E-state index contributed by atoms with van der Waals surface area (Å²) in [6.07, 6.45) is 4.56. The molecule has 0 aliphatic heterocycles. The number of esters is 1. The molecule has 0 aromatic heterocycles. The zero-order chi connectivity index (χ0) is 19.2. The quantitative estimate of drug-likeness (QED) is 0.626. The smallest absolute Gasteiger partial charge is 0.312 e. The van der Waals surface area contributed by atoms with Crippen molar-refractivity contribution in [2.75, 3.05) is 5.32 Å². The average Bonchev–Trinajstić information content (AvgIpc) is 2.59. The summed E-state index contributed by atoms with van der Waals surface area (Å²) in [7, 11) is 0. The Hall–Kier alpha value is -2.06. The molecule has 1 amide bonds. The Labute approximate surface area is 164 Å². The Balaban J connectivity index is 1.42. The number of hydrogen-bond acceptors (Lipinski definition) is 4. The first-order chi connectivity index (χ1) is 12.8. The van der Waals surface area contributed by atoms with Crippen LogP contribution in [0, 0.1) is 28.6 Å². The van der Waals surface area contributed by atoms with Crippen molar-refractivity contribution in [1.29, 1.82) is 5.26 Å². The average molecular weight is 387 g/mol. The van der Waals surface area contributed by atoms with Crippen LogP contribution in [0.5, 0.6) is 0 Å². The van der Waals surface area contributed by atoms with Gasteiger partial charge in [-0.25, -0.2) is 0 Å². The molecule has 27 heavy (non-hydrogen) atoms. The number of carbonyl (C=O) groups is 2. The van der Waals surface area contributed by atoms with Crippen LogP contribution in [0.25, 0.3) is 0 Å². The van der Waals surface area contributed by atoms with Gasteiger partial charge in [-0.15, -0.1) is 11.6 Å². The topological polar surface area (TPSA) is 79.2 Å². The van der Waals surface area contributed by atoms with E-state index >= 15 is 0 Å². The normalized spacial score (nSPS) is 34.6. The van der Waals surface area contributed by atoms with Gasteiger partial charge >= 0.3 is 5.97 Å². The molecule has 5 rings (SSSR count).